The summed E-state index contributed by atoms with van der Waals surface area (Å²) in [4.78, 5) is 19.2. The number of piperidine rings is 1. The van der Waals surface area contributed by atoms with Crippen LogP contribution in [0.4, 0.5) is 5.95 Å². The number of anilines is 1. The molecule has 0 unspecified atom stereocenters. The van der Waals surface area contributed by atoms with Crippen molar-refractivity contribution in [2.75, 3.05) is 18.0 Å². The number of hydrogen-bond acceptors (Lipinski definition) is 6. The number of carbonyl (C=O) groups excluding carboxylic acids is 1. The topological polar surface area (TPSA) is 72.6 Å². The van der Waals surface area contributed by atoms with Gasteiger partial charge in [-0.15, -0.1) is 10.2 Å². The maximum atomic E-state index is 12.5. The number of hydrogen-bond donors (Lipinski definition) is 0. The Morgan fingerprint density at radius 1 is 1.33 bits per heavy atom. The normalized spacial score (nSPS) is 18.0. The second-order valence-electron chi connectivity index (χ2n) is 7.48. The van der Waals surface area contributed by atoms with Crippen molar-refractivity contribution in [1.82, 2.24) is 19.6 Å². The van der Waals surface area contributed by atoms with Crippen molar-refractivity contribution < 1.29 is 9.53 Å². The summed E-state index contributed by atoms with van der Waals surface area (Å²) in [5, 5.41) is 8.05. The van der Waals surface area contributed by atoms with Crippen molar-refractivity contribution in [2.24, 2.45) is 5.41 Å². The summed E-state index contributed by atoms with van der Waals surface area (Å²) in [6, 6.07) is 0. The number of carbonyl (C=O) groups is 1. The van der Waals surface area contributed by atoms with E-state index in [2.05, 4.69) is 36.0 Å². The van der Waals surface area contributed by atoms with E-state index in [-0.39, 0.29) is 5.97 Å². The number of ether oxygens (including phenoxy) is 1. The monoisotopic (exact) mass is 395 g/mol. The van der Waals surface area contributed by atoms with Gasteiger partial charge >= 0.3 is 5.97 Å². The van der Waals surface area contributed by atoms with Gasteiger partial charge in [-0.25, -0.2) is 9.38 Å². The lowest BCUT2D eigenvalue weighted by atomic mass is 9.80. The highest BCUT2D eigenvalue weighted by molar-refractivity contribution is 9.10. The van der Waals surface area contributed by atoms with Crippen molar-refractivity contribution >= 4 is 33.5 Å². The van der Waals surface area contributed by atoms with Crippen LogP contribution >= 0.6 is 15.9 Å². The van der Waals surface area contributed by atoms with Crippen molar-refractivity contribution in [3.8, 4) is 0 Å². The standard InChI is InChI=1S/C16H22BrN5O2/c1-15(2,3)24-13(23)16(4)5-7-21(8-6-16)14-18-9-11(17)12-20-19-10-22(12)14/h9-10H,5-8H2,1-4H3. The number of fused-ring (bicyclic) bond motifs is 1. The second kappa shape index (κ2) is 5.98. The molecule has 2 aromatic heterocycles. The molecule has 8 heteroatoms. The highest BCUT2D eigenvalue weighted by atomic mass is 79.9. The fraction of sp³-hybridized carbons (Fsp3) is 0.625. The third-order valence-electron chi connectivity index (χ3n) is 4.31. The van der Waals surface area contributed by atoms with Crippen LogP contribution in [0.25, 0.3) is 5.65 Å². The minimum absolute atomic E-state index is 0.118. The van der Waals surface area contributed by atoms with Gasteiger partial charge in [0.15, 0.2) is 5.65 Å². The van der Waals surface area contributed by atoms with Crippen LogP contribution in [0, 0.1) is 5.41 Å². The molecule has 2 aromatic rings. The third-order valence-corrected chi connectivity index (χ3v) is 4.87. The summed E-state index contributed by atoms with van der Waals surface area (Å²) < 4.78 is 8.26. The first-order valence-corrected chi connectivity index (χ1v) is 8.82. The van der Waals surface area contributed by atoms with E-state index in [1.807, 2.05) is 32.1 Å². The highest BCUT2D eigenvalue weighted by Gasteiger charge is 2.40. The van der Waals surface area contributed by atoms with Gasteiger partial charge in [-0.05, 0) is 56.5 Å². The summed E-state index contributed by atoms with van der Waals surface area (Å²) in [5.74, 6) is 0.678. The first-order valence-electron chi connectivity index (χ1n) is 8.02. The van der Waals surface area contributed by atoms with E-state index >= 15 is 0 Å². The molecule has 0 spiro atoms. The Bertz CT molecular complexity index is 759. The van der Waals surface area contributed by atoms with Crippen molar-refractivity contribution in [1.29, 1.82) is 0 Å². The summed E-state index contributed by atoms with van der Waals surface area (Å²) in [5.41, 5.74) is -0.176. The summed E-state index contributed by atoms with van der Waals surface area (Å²) >= 11 is 3.43. The molecule has 0 saturated carbocycles. The molecule has 1 aliphatic rings. The summed E-state index contributed by atoms with van der Waals surface area (Å²) in [6.07, 6.45) is 4.84. The van der Waals surface area contributed by atoms with E-state index in [1.165, 1.54) is 0 Å². The quantitative estimate of drug-likeness (QED) is 0.727. The van der Waals surface area contributed by atoms with Gasteiger partial charge in [-0.3, -0.25) is 4.79 Å². The van der Waals surface area contributed by atoms with Gasteiger partial charge in [-0.1, -0.05) is 0 Å². The molecule has 0 atom stereocenters. The zero-order chi connectivity index (χ0) is 17.5. The number of esters is 1. The van der Waals surface area contributed by atoms with Gasteiger partial charge < -0.3 is 9.64 Å². The summed E-state index contributed by atoms with van der Waals surface area (Å²) in [7, 11) is 0. The van der Waals surface area contributed by atoms with Crippen LogP contribution in [0.2, 0.25) is 0 Å². The molecule has 0 N–H and O–H groups in total. The number of nitrogens with zero attached hydrogens (tertiary/aromatic N) is 5. The molecule has 0 aliphatic carbocycles. The van der Waals surface area contributed by atoms with E-state index in [9.17, 15) is 4.79 Å². The second-order valence-corrected chi connectivity index (χ2v) is 8.33. The smallest absolute Gasteiger partial charge is 0.312 e. The molecule has 0 aromatic carbocycles. The number of aromatic nitrogens is 4. The lowest BCUT2D eigenvalue weighted by Crippen LogP contribution is -2.45. The highest BCUT2D eigenvalue weighted by Crippen LogP contribution is 2.35. The van der Waals surface area contributed by atoms with Crippen molar-refractivity contribution in [3.05, 3.63) is 17.0 Å². The molecule has 1 aliphatic heterocycles. The molecule has 24 heavy (non-hydrogen) atoms. The maximum absolute atomic E-state index is 12.5. The van der Waals surface area contributed by atoms with Crippen LogP contribution in [-0.2, 0) is 9.53 Å². The average molecular weight is 396 g/mol. The zero-order valence-electron chi connectivity index (χ0n) is 14.4. The van der Waals surface area contributed by atoms with Crippen molar-refractivity contribution in [3.63, 3.8) is 0 Å². The van der Waals surface area contributed by atoms with E-state index in [0.717, 1.165) is 42.0 Å². The molecule has 1 fully saturated rings. The van der Waals surface area contributed by atoms with E-state index < -0.39 is 11.0 Å². The maximum Gasteiger partial charge on any atom is 0.312 e. The molecule has 3 heterocycles. The van der Waals surface area contributed by atoms with Crippen LogP contribution in [0.5, 0.6) is 0 Å². The Labute approximate surface area is 149 Å². The summed E-state index contributed by atoms with van der Waals surface area (Å²) in [6.45, 7) is 9.16. The number of halogens is 1. The Hall–Kier alpha value is -1.70. The van der Waals surface area contributed by atoms with Crippen LogP contribution in [0.15, 0.2) is 17.0 Å². The van der Waals surface area contributed by atoms with Gasteiger partial charge in [0, 0.05) is 19.3 Å². The predicted molar refractivity (Wildman–Crippen MR) is 93.9 cm³/mol. The molecular formula is C16H22BrN5O2. The average Bonchev–Trinajstić information content (AvgIpc) is 2.98. The van der Waals surface area contributed by atoms with Crippen LogP contribution < -0.4 is 4.90 Å². The Morgan fingerprint density at radius 2 is 2.00 bits per heavy atom. The third kappa shape index (κ3) is 3.24. The fourth-order valence-electron chi connectivity index (χ4n) is 2.82. The van der Waals surface area contributed by atoms with Gasteiger partial charge in [0.2, 0.25) is 5.95 Å². The minimum atomic E-state index is -0.459. The minimum Gasteiger partial charge on any atom is -0.460 e. The van der Waals surface area contributed by atoms with Gasteiger partial charge in [0.05, 0.1) is 9.89 Å². The van der Waals surface area contributed by atoms with E-state index in [1.54, 1.807) is 12.5 Å². The Balaban J connectivity index is 1.76. The Kier molecular flexibility index (Phi) is 4.27. The van der Waals surface area contributed by atoms with E-state index in [0.29, 0.717) is 0 Å². The molecule has 0 bridgehead atoms. The molecule has 3 rings (SSSR count). The molecule has 7 nitrogen and oxygen atoms in total. The molecule has 1 saturated heterocycles. The van der Waals surface area contributed by atoms with Gasteiger partial charge in [0.25, 0.3) is 0 Å². The van der Waals surface area contributed by atoms with Gasteiger partial charge in [-0.2, -0.15) is 0 Å². The number of rotatable bonds is 2. The molecule has 130 valence electrons. The largest absolute Gasteiger partial charge is 0.460 e. The SMILES string of the molecule is CC(C)(C)OC(=O)C1(C)CCN(c2ncc(Br)c3nncn23)CC1. The lowest BCUT2D eigenvalue weighted by molar-refractivity contribution is -0.167. The van der Waals surface area contributed by atoms with Gasteiger partial charge in [0.1, 0.15) is 11.9 Å². The van der Waals surface area contributed by atoms with Crippen LogP contribution in [0.1, 0.15) is 40.5 Å². The lowest BCUT2D eigenvalue weighted by Gasteiger charge is -2.39. The first-order chi connectivity index (χ1) is 11.2. The van der Waals surface area contributed by atoms with Crippen molar-refractivity contribution in [2.45, 2.75) is 46.1 Å². The molecular weight excluding hydrogens is 374 g/mol. The van der Waals surface area contributed by atoms with E-state index in [4.69, 9.17) is 4.74 Å². The first kappa shape index (κ1) is 17.1. The molecule has 0 radical (unpaired) electrons. The molecule has 0 amide bonds. The Morgan fingerprint density at radius 3 is 2.62 bits per heavy atom. The fourth-order valence-corrected chi connectivity index (χ4v) is 3.19. The predicted octanol–water partition coefficient (Wildman–Crippen LogP) is 2.84. The zero-order valence-corrected chi connectivity index (χ0v) is 16.0. The van der Waals surface area contributed by atoms with Crippen LogP contribution in [-0.4, -0.2) is 44.2 Å². The van der Waals surface area contributed by atoms with Crippen LogP contribution in [0.3, 0.4) is 0 Å².